The molecular weight excluding hydrogens is 314 g/mol. The Bertz CT molecular complexity index is 665. The van der Waals surface area contributed by atoms with Crippen molar-refractivity contribution >= 4 is 0 Å². The number of benzene rings is 1. The minimum atomic E-state index is -0.0281. The third kappa shape index (κ3) is 3.87. The van der Waals surface area contributed by atoms with Crippen molar-refractivity contribution in [1.29, 1.82) is 0 Å². The molecule has 0 atom stereocenters. The van der Waals surface area contributed by atoms with E-state index in [1.54, 1.807) is 0 Å². The van der Waals surface area contributed by atoms with E-state index in [-0.39, 0.29) is 21.7 Å². The van der Waals surface area contributed by atoms with E-state index in [9.17, 15) is 0 Å². The second kappa shape index (κ2) is 6.51. The summed E-state index contributed by atoms with van der Waals surface area (Å²) in [7, 11) is 0. The third-order valence-corrected chi connectivity index (χ3v) is 6.29. The van der Waals surface area contributed by atoms with E-state index in [0.717, 1.165) is 5.69 Å². The normalized spacial score (nSPS) is 13.8. The average Bonchev–Trinajstić information content (AvgIpc) is 2.53. The third-order valence-electron chi connectivity index (χ3n) is 6.29. The highest BCUT2D eigenvalue weighted by Gasteiger charge is 2.40. The molecule has 142 valence electrons. The van der Waals surface area contributed by atoms with Gasteiger partial charge in [0.15, 0.2) is 0 Å². The second-order valence-corrected chi connectivity index (χ2v) is 10.8. The molecule has 0 saturated carbocycles. The summed E-state index contributed by atoms with van der Waals surface area (Å²) < 4.78 is 0. The number of hydrogen-bond donors (Lipinski definition) is 0. The minimum Gasteiger partial charge on any atom is -0.260 e. The van der Waals surface area contributed by atoms with E-state index in [1.807, 2.05) is 0 Å². The first-order valence-electron chi connectivity index (χ1n) is 9.75. The highest BCUT2D eigenvalue weighted by Crippen LogP contribution is 2.44. The van der Waals surface area contributed by atoms with E-state index in [4.69, 9.17) is 4.98 Å². The van der Waals surface area contributed by atoms with E-state index in [1.165, 1.54) is 16.7 Å². The number of aromatic nitrogens is 1. The van der Waals surface area contributed by atoms with Gasteiger partial charge in [-0.15, -0.1) is 0 Å². The van der Waals surface area contributed by atoms with Crippen LogP contribution in [0.1, 0.15) is 91.6 Å². The van der Waals surface area contributed by atoms with E-state index in [0.29, 0.717) is 0 Å². The molecule has 0 radical (unpaired) electrons. The molecule has 1 heteroatoms. The molecule has 0 spiro atoms. The lowest BCUT2D eigenvalue weighted by Gasteiger charge is -2.43. The molecule has 2 rings (SSSR count). The van der Waals surface area contributed by atoms with Gasteiger partial charge >= 0.3 is 0 Å². The molecule has 0 bridgehead atoms. The Morgan fingerprint density at radius 3 is 1.31 bits per heavy atom. The first-order chi connectivity index (χ1) is 11.7. The molecule has 0 N–H and O–H groups in total. The Balaban J connectivity index is 2.40. The van der Waals surface area contributed by atoms with Gasteiger partial charge in [-0.25, -0.2) is 0 Å². The lowest BCUT2D eigenvalue weighted by atomic mass is 9.61. The zero-order valence-corrected chi connectivity index (χ0v) is 18.5. The molecule has 0 aliphatic heterocycles. The molecule has 1 nitrogen and oxygen atoms in total. The van der Waals surface area contributed by atoms with Gasteiger partial charge in [-0.3, -0.25) is 4.98 Å². The topological polar surface area (TPSA) is 12.9 Å². The largest absolute Gasteiger partial charge is 0.260 e. The molecule has 0 saturated heterocycles. The lowest BCUT2D eigenvalue weighted by Crippen LogP contribution is -2.40. The molecule has 1 aromatic carbocycles. The SMILES string of the molecule is CC(C)(C)c1ccc(C(C)(C)C(C)(C)c2ccc(C(C)(C)C)nc2)cc1. The highest BCUT2D eigenvalue weighted by molar-refractivity contribution is 5.38. The van der Waals surface area contributed by atoms with Crippen molar-refractivity contribution in [2.75, 3.05) is 0 Å². The molecule has 0 unspecified atom stereocenters. The average molecular weight is 352 g/mol. The second-order valence-electron chi connectivity index (χ2n) is 10.8. The van der Waals surface area contributed by atoms with Crippen LogP contribution in [0.3, 0.4) is 0 Å². The Morgan fingerprint density at radius 1 is 0.500 bits per heavy atom. The highest BCUT2D eigenvalue weighted by atomic mass is 14.7. The van der Waals surface area contributed by atoms with Crippen LogP contribution in [0.4, 0.5) is 0 Å². The molecule has 1 aromatic heterocycles. The van der Waals surface area contributed by atoms with E-state index < -0.39 is 0 Å². The standard InChI is InChI=1S/C25H37N/c1-22(2,3)18-11-13-19(14-12-18)24(7,8)25(9,10)20-15-16-21(26-17-20)23(4,5)6/h11-17H,1-10H3. The first kappa shape index (κ1) is 20.7. The number of hydrogen-bond acceptors (Lipinski definition) is 1. The fourth-order valence-corrected chi connectivity index (χ4v) is 3.32. The van der Waals surface area contributed by atoms with Crippen LogP contribution in [-0.4, -0.2) is 4.98 Å². The van der Waals surface area contributed by atoms with Crippen molar-refractivity contribution in [2.24, 2.45) is 0 Å². The van der Waals surface area contributed by atoms with Gasteiger partial charge in [0.05, 0.1) is 0 Å². The van der Waals surface area contributed by atoms with Crippen LogP contribution < -0.4 is 0 Å². The fourth-order valence-electron chi connectivity index (χ4n) is 3.32. The molecule has 0 aliphatic rings. The van der Waals surface area contributed by atoms with Gasteiger partial charge in [0.25, 0.3) is 0 Å². The Kier molecular flexibility index (Phi) is 5.18. The summed E-state index contributed by atoms with van der Waals surface area (Å²) in [5, 5.41) is 0. The van der Waals surface area contributed by atoms with Gasteiger partial charge in [-0.1, -0.05) is 99.6 Å². The lowest BCUT2D eigenvalue weighted by molar-refractivity contribution is 0.302. The van der Waals surface area contributed by atoms with Crippen LogP contribution in [0.25, 0.3) is 0 Å². The van der Waals surface area contributed by atoms with Crippen LogP contribution in [0, 0.1) is 0 Å². The van der Waals surface area contributed by atoms with Crippen LogP contribution in [0.2, 0.25) is 0 Å². The summed E-state index contributed by atoms with van der Waals surface area (Å²) in [5.41, 5.74) is 5.42. The molecule has 26 heavy (non-hydrogen) atoms. The summed E-state index contributed by atoms with van der Waals surface area (Å²) in [6, 6.07) is 13.6. The van der Waals surface area contributed by atoms with Gasteiger partial charge in [0.2, 0.25) is 0 Å². The molecule has 2 aromatic rings. The summed E-state index contributed by atoms with van der Waals surface area (Å²) >= 11 is 0. The van der Waals surface area contributed by atoms with Crippen LogP contribution in [-0.2, 0) is 21.7 Å². The van der Waals surface area contributed by atoms with Gasteiger partial charge in [0, 0.05) is 22.7 Å². The molecule has 0 fully saturated rings. The smallest absolute Gasteiger partial charge is 0.0457 e. The van der Waals surface area contributed by atoms with Crippen LogP contribution in [0.15, 0.2) is 42.6 Å². The monoisotopic (exact) mass is 351 g/mol. The first-order valence-corrected chi connectivity index (χ1v) is 9.75. The summed E-state index contributed by atoms with van der Waals surface area (Å²) in [6.45, 7) is 22.8. The quantitative estimate of drug-likeness (QED) is 0.584. The number of rotatable bonds is 3. The van der Waals surface area contributed by atoms with E-state index >= 15 is 0 Å². The number of pyridine rings is 1. The van der Waals surface area contributed by atoms with Gasteiger partial charge < -0.3 is 0 Å². The zero-order valence-electron chi connectivity index (χ0n) is 18.5. The van der Waals surface area contributed by atoms with E-state index in [2.05, 4.69) is 112 Å². The Morgan fingerprint density at radius 2 is 0.923 bits per heavy atom. The van der Waals surface area contributed by atoms with Gasteiger partial charge in [-0.2, -0.15) is 0 Å². The maximum Gasteiger partial charge on any atom is 0.0457 e. The molecule has 0 aliphatic carbocycles. The maximum absolute atomic E-state index is 4.77. The maximum atomic E-state index is 4.77. The molecular formula is C25H37N. The van der Waals surface area contributed by atoms with Crippen molar-refractivity contribution in [3.8, 4) is 0 Å². The van der Waals surface area contributed by atoms with Crippen molar-refractivity contribution in [1.82, 2.24) is 4.98 Å². The predicted molar refractivity (Wildman–Crippen MR) is 114 cm³/mol. The fraction of sp³-hybridized carbons (Fsp3) is 0.560. The molecule has 0 amide bonds. The van der Waals surface area contributed by atoms with Crippen LogP contribution in [0.5, 0.6) is 0 Å². The van der Waals surface area contributed by atoms with Crippen molar-refractivity contribution in [3.63, 3.8) is 0 Å². The van der Waals surface area contributed by atoms with Crippen LogP contribution >= 0.6 is 0 Å². The summed E-state index contributed by atoms with van der Waals surface area (Å²) in [6.07, 6.45) is 2.08. The Hall–Kier alpha value is -1.63. The van der Waals surface area contributed by atoms with Gasteiger partial charge in [-0.05, 0) is 33.6 Å². The Labute approximate surface area is 161 Å². The minimum absolute atomic E-state index is 0.00561. The summed E-state index contributed by atoms with van der Waals surface area (Å²) in [4.78, 5) is 4.77. The zero-order chi connectivity index (χ0) is 20.0. The van der Waals surface area contributed by atoms with Crippen molar-refractivity contribution in [2.45, 2.75) is 90.9 Å². The molecule has 1 heterocycles. The number of nitrogens with zero attached hydrogens (tertiary/aromatic N) is 1. The predicted octanol–water partition coefficient (Wildman–Crippen LogP) is 6.93. The van der Waals surface area contributed by atoms with Crippen molar-refractivity contribution in [3.05, 3.63) is 65.0 Å². The van der Waals surface area contributed by atoms with Crippen molar-refractivity contribution < 1.29 is 0 Å². The summed E-state index contributed by atoms with van der Waals surface area (Å²) in [5.74, 6) is 0. The van der Waals surface area contributed by atoms with Gasteiger partial charge in [0.1, 0.15) is 0 Å².